The van der Waals surface area contributed by atoms with Crippen LogP contribution in [0.3, 0.4) is 0 Å². The van der Waals surface area contributed by atoms with Gasteiger partial charge in [0.1, 0.15) is 10.7 Å². The lowest BCUT2D eigenvalue weighted by Crippen LogP contribution is -2.08. The third kappa shape index (κ3) is 3.13. The van der Waals surface area contributed by atoms with Crippen molar-refractivity contribution < 1.29 is 4.42 Å². The predicted octanol–water partition coefficient (Wildman–Crippen LogP) is 4.43. The molecule has 0 unspecified atom stereocenters. The normalized spacial score (nSPS) is 11.3. The fraction of sp³-hybridized carbons (Fsp3) is 0.158. The van der Waals surface area contributed by atoms with Crippen LogP contribution in [0.1, 0.15) is 11.1 Å². The number of nitrogens with zero attached hydrogens (tertiary/aromatic N) is 4. The fourth-order valence-electron chi connectivity index (χ4n) is 2.95. The highest BCUT2D eigenvalue weighted by molar-refractivity contribution is 7.98. The molecule has 0 aliphatic heterocycles. The fourth-order valence-corrected chi connectivity index (χ4v) is 3.54. The van der Waals surface area contributed by atoms with Crippen LogP contribution in [0.25, 0.3) is 28.3 Å². The summed E-state index contributed by atoms with van der Waals surface area (Å²) in [6, 6.07) is 9.04. The average molecular weight is 399 g/mol. The Morgan fingerprint density at radius 1 is 1.22 bits per heavy atom. The van der Waals surface area contributed by atoms with Gasteiger partial charge in [-0.25, -0.2) is 19.4 Å². The molecule has 3 aromatic heterocycles. The van der Waals surface area contributed by atoms with Crippen molar-refractivity contribution in [2.75, 3.05) is 6.26 Å². The molecule has 3 heterocycles. The minimum Gasteiger partial charge on any atom is -0.401 e. The maximum atomic E-state index is 12.6. The van der Waals surface area contributed by atoms with E-state index in [1.165, 1.54) is 11.8 Å². The van der Waals surface area contributed by atoms with Gasteiger partial charge in [-0.15, -0.1) is 11.8 Å². The summed E-state index contributed by atoms with van der Waals surface area (Å²) in [5.41, 5.74) is 2.58. The Balaban J connectivity index is 2.01. The van der Waals surface area contributed by atoms with Crippen molar-refractivity contribution in [3.63, 3.8) is 0 Å². The number of hydrogen-bond acceptors (Lipinski definition) is 6. The van der Waals surface area contributed by atoms with E-state index < -0.39 is 5.63 Å². The van der Waals surface area contributed by atoms with E-state index in [4.69, 9.17) is 16.0 Å². The molecule has 0 amide bonds. The maximum Gasteiger partial charge on any atom is 0.347 e. The first-order valence-corrected chi connectivity index (χ1v) is 9.75. The van der Waals surface area contributed by atoms with Gasteiger partial charge < -0.3 is 4.42 Å². The molecule has 0 fully saturated rings. The first-order chi connectivity index (χ1) is 13.0. The highest BCUT2D eigenvalue weighted by Crippen LogP contribution is 2.29. The summed E-state index contributed by atoms with van der Waals surface area (Å²) >= 11 is 7.76. The van der Waals surface area contributed by atoms with E-state index in [9.17, 15) is 4.79 Å². The van der Waals surface area contributed by atoms with Crippen LogP contribution in [-0.2, 0) is 0 Å². The molecule has 0 aliphatic carbocycles. The van der Waals surface area contributed by atoms with E-state index in [0.29, 0.717) is 27.4 Å². The van der Waals surface area contributed by atoms with E-state index in [-0.39, 0.29) is 5.89 Å². The largest absolute Gasteiger partial charge is 0.401 e. The molecule has 0 bridgehead atoms. The Kier molecular flexibility index (Phi) is 4.49. The first kappa shape index (κ1) is 17.8. The molecular weight excluding hydrogens is 384 g/mol. The van der Waals surface area contributed by atoms with Crippen LogP contribution in [0.15, 0.2) is 50.8 Å². The van der Waals surface area contributed by atoms with Crippen molar-refractivity contribution in [1.29, 1.82) is 0 Å². The van der Waals surface area contributed by atoms with Crippen molar-refractivity contribution in [3.8, 4) is 17.4 Å². The Hall–Kier alpha value is -2.64. The molecule has 0 atom stereocenters. The standard InChI is InChI=1S/C19H15ClN4O2S/c1-10-7-11(2)16-12(8-10)19(25)26-18(22-16)14-9-15(27-3)23-24(14)17-13(20)5-4-6-21-17/h4-9H,1-3H3. The topological polar surface area (TPSA) is 73.8 Å². The van der Waals surface area contributed by atoms with Crippen LogP contribution >= 0.6 is 23.4 Å². The van der Waals surface area contributed by atoms with Gasteiger partial charge in [0.05, 0.1) is 15.9 Å². The lowest BCUT2D eigenvalue weighted by molar-refractivity contribution is 0.513. The minimum atomic E-state index is -0.438. The van der Waals surface area contributed by atoms with Gasteiger partial charge in [-0.05, 0) is 49.4 Å². The minimum absolute atomic E-state index is 0.175. The number of pyridine rings is 1. The average Bonchev–Trinajstić information content (AvgIpc) is 3.07. The number of aryl methyl sites for hydroxylation is 2. The highest BCUT2D eigenvalue weighted by Gasteiger charge is 2.19. The van der Waals surface area contributed by atoms with E-state index in [1.54, 1.807) is 35.1 Å². The lowest BCUT2D eigenvalue weighted by Gasteiger charge is -2.08. The summed E-state index contributed by atoms with van der Waals surface area (Å²) in [5.74, 6) is 0.619. The van der Waals surface area contributed by atoms with Crippen LogP contribution in [0, 0.1) is 13.8 Å². The van der Waals surface area contributed by atoms with Gasteiger partial charge in [0.25, 0.3) is 0 Å². The molecule has 1 aromatic carbocycles. The first-order valence-electron chi connectivity index (χ1n) is 8.15. The molecule has 4 rings (SSSR count). The molecule has 8 heteroatoms. The second-order valence-electron chi connectivity index (χ2n) is 6.08. The molecule has 4 aromatic rings. The summed E-state index contributed by atoms with van der Waals surface area (Å²) in [7, 11) is 0. The zero-order valence-electron chi connectivity index (χ0n) is 14.9. The summed E-state index contributed by atoms with van der Waals surface area (Å²) < 4.78 is 7.09. The van der Waals surface area contributed by atoms with E-state index in [2.05, 4.69) is 15.1 Å². The molecular formula is C19H15ClN4O2S. The van der Waals surface area contributed by atoms with Crippen LogP contribution in [0.5, 0.6) is 0 Å². The zero-order chi connectivity index (χ0) is 19.1. The summed E-state index contributed by atoms with van der Waals surface area (Å²) in [5, 5.41) is 6.14. The van der Waals surface area contributed by atoms with Gasteiger partial charge >= 0.3 is 5.63 Å². The summed E-state index contributed by atoms with van der Waals surface area (Å²) in [4.78, 5) is 21.5. The number of fused-ring (bicyclic) bond motifs is 1. The summed E-state index contributed by atoms with van der Waals surface area (Å²) in [6.07, 6.45) is 3.54. The highest BCUT2D eigenvalue weighted by atomic mass is 35.5. The monoisotopic (exact) mass is 398 g/mol. The molecule has 6 nitrogen and oxygen atoms in total. The van der Waals surface area contributed by atoms with Crippen molar-refractivity contribution in [2.24, 2.45) is 0 Å². The van der Waals surface area contributed by atoms with Gasteiger partial charge in [0, 0.05) is 12.3 Å². The Bertz CT molecular complexity index is 1230. The van der Waals surface area contributed by atoms with E-state index in [0.717, 1.165) is 16.2 Å². The second-order valence-corrected chi connectivity index (χ2v) is 7.31. The number of hydrogen-bond donors (Lipinski definition) is 0. The van der Waals surface area contributed by atoms with Crippen LogP contribution < -0.4 is 5.63 Å². The van der Waals surface area contributed by atoms with Gasteiger partial charge in [-0.2, -0.15) is 5.10 Å². The molecule has 0 saturated carbocycles. The number of aromatic nitrogens is 4. The van der Waals surface area contributed by atoms with E-state index >= 15 is 0 Å². The number of halogens is 1. The third-order valence-corrected chi connectivity index (χ3v) is 5.04. The third-order valence-electron chi connectivity index (χ3n) is 4.12. The quantitative estimate of drug-likeness (QED) is 0.475. The molecule has 136 valence electrons. The number of benzene rings is 1. The van der Waals surface area contributed by atoms with Gasteiger partial charge in [0.15, 0.2) is 5.82 Å². The van der Waals surface area contributed by atoms with Gasteiger partial charge in [0.2, 0.25) is 5.89 Å². The molecule has 27 heavy (non-hydrogen) atoms. The molecule has 0 spiro atoms. The SMILES string of the molecule is CSc1cc(-c2nc3c(C)cc(C)cc3c(=O)o2)n(-c2ncccc2Cl)n1. The maximum absolute atomic E-state index is 12.6. The van der Waals surface area contributed by atoms with Crippen LogP contribution in [0.2, 0.25) is 5.02 Å². The lowest BCUT2D eigenvalue weighted by atomic mass is 10.1. The Labute approximate surface area is 164 Å². The van der Waals surface area contributed by atoms with Crippen LogP contribution in [-0.4, -0.2) is 26.0 Å². The molecule has 0 N–H and O–H groups in total. The second kappa shape index (κ2) is 6.83. The van der Waals surface area contributed by atoms with Crippen molar-refractivity contribution in [1.82, 2.24) is 19.7 Å². The van der Waals surface area contributed by atoms with Crippen molar-refractivity contribution >= 4 is 34.3 Å². The van der Waals surface area contributed by atoms with Crippen LogP contribution in [0.4, 0.5) is 0 Å². The molecule has 0 saturated heterocycles. The van der Waals surface area contributed by atoms with Gasteiger partial charge in [-0.3, -0.25) is 0 Å². The van der Waals surface area contributed by atoms with Gasteiger partial charge in [-0.1, -0.05) is 17.7 Å². The smallest absolute Gasteiger partial charge is 0.347 e. The van der Waals surface area contributed by atoms with E-state index in [1.807, 2.05) is 26.2 Å². The van der Waals surface area contributed by atoms with Crippen molar-refractivity contribution in [3.05, 3.63) is 63.1 Å². The molecule has 0 aliphatic rings. The number of thioether (sulfide) groups is 1. The number of rotatable bonds is 3. The Morgan fingerprint density at radius 2 is 2.04 bits per heavy atom. The summed E-state index contributed by atoms with van der Waals surface area (Å²) in [6.45, 7) is 3.86. The predicted molar refractivity (Wildman–Crippen MR) is 107 cm³/mol. The molecule has 0 radical (unpaired) electrons. The van der Waals surface area contributed by atoms with Crippen molar-refractivity contribution in [2.45, 2.75) is 18.9 Å². The zero-order valence-corrected chi connectivity index (χ0v) is 16.4. The Morgan fingerprint density at radius 3 is 2.78 bits per heavy atom.